The molecule has 0 spiro atoms. The molecule has 1 saturated heterocycles. The van der Waals surface area contributed by atoms with Crippen molar-refractivity contribution in [2.45, 2.75) is 25.9 Å². The summed E-state index contributed by atoms with van der Waals surface area (Å²) in [7, 11) is 0. The van der Waals surface area contributed by atoms with Crippen LogP contribution < -0.4 is 5.32 Å². The summed E-state index contributed by atoms with van der Waals surface area (Å²) in [6, 6.07) is 0. The number of aryl methyl sites for hydroxylation is 1. The molecule has 3 heterocycles. The molecule has 1 fully saturated rings. The first kappa shape index (κ1) is 10.5. The van der Waals surface area contributed by atoms with E-state index in [1.807, 2.05) is 6.92 Å². The summed E-state index contributed by atoms with van der Waals surface area (Å²) in [5.41, 5.74) is 1.57. The van der Waals surface area contributed by atoms with Crippen molar-refractivity contribution in [2.75, 3.05) is 18.5 Å². The molecular weight excluding hydrogens is 218 g/mol. The van der Waals surface area contributed by atoms with Crippen LogP contribution in [-0.4, -0.2) is 39.2 Å². The molecule has 0 radical (unpaired) electrons. The lowest BCUT2D eigenvalue weighted by atomic mass is 10.2. The van der Waals surface area contributed by atoms with Crippen LogP contribution in [0.25, 0.3) is 11.2 Å². The second-order valence-electron chi connectivity index (χ2n) is 4.26. The Morgan fingerprint density at radius 2 is 2.47 bits per heavy atom. The number of nitrogens with zero attached hydrogens (tertiary/aromatic N) is 3. The van der Waals surface area contributed by atoms with Gasteiger partial charge in [0.1, 0.15) is 17.7 Å². The Balaban J connectivity index is 1.79. The number of rotatable bonds is 3. The fourth-order valence-corrected chi connectivity index (χ4v) is 2.09. The minimum Gasteiger partial charge on any atom is -0.376 e. The maximum atomic E-state index is 5.56. The first-order chi connectivity index (χ1) is 8.33. The predicted molar refractivity (Wildman–Crippen MR) is 63.9 cm³/mol. The lowest BCUT2D eigenvalue weighted by molar-refractivity contribution is 0.120. The summed E-state index contributed by atoms with van der Waals surface area (Å²) in [4.78, 5) is 15.8. The number of hydrogen-bond acceptors (Lipinski definition) is 5. The van der Waals surface area contributed by atoms with Gasteiger partial charge >= 0.3 is 0 Å². The van der Waals surface area contributed by atoms with Gasteiger partial charge in [-0.2, -0.15) is 0 Å². The van der Waals surface area contributed by atoms with Crippen molar-refractivity contribution in [3.63, 3.8) is 0 Å². The van der Waals surface area contributed by atoms with E-state index in [0.29, 0.717) is 11.8 Å². The molecule has 1 aliphatic heterocycles. The smallest absolute Gasteiger partial charge is 0.183 e. The number of aromatic nitrogens is 4. The SMILES string of the molecule is Cc1nc2ncnc(NC[C@H]3CCCO3)c2[nH]1. The summed E-state index contributed by atoms with van der Waals surface area (Å²) in [5.74, 6) is 1.65. The molecule has 3 rings (SSSR count). The first-order valence-electron chi connectivity index (χ1n) is 5.86. The highest BCUT2D eigenvalue weighted by Crippen LogP contribution is 2.18. The minimum atomic E-state index is 0.295. The summed E-state index contributed by atoms with van der Waals surface area (Å²) < 4.78 is 5.56. The highest BCUT2D eigenvalue weighted by molar-refractivity contribution is 5.82. The van der Waals surface area contributed by atoms with Crippen molar-refractivity contribution in [1.82, 2.24) is 19.9 Å². The second-order valence-corrected chi connectivity index (χ2v) is 4.26. The molecule has 0 bridgehead atoms. The third-order valence-corrected chi connectivity index (χ3v) is 2.93. The molecule has 6 heteroatoms. The molecule has 0 amide bonds. The zero-order valence-corrected chi connectivity index (χ0v) is 9.73. The molecule has 17 heavy (non-hydrogen) atoms. The average molecular weight is 233 g/mol. The van der Waals surface area contributed by atoms with Crippen LogP contribution in [0.4, 0.5) is 5.82 Å². The fraction of sp³-hybridized carbons (Fsp3) is 0.545. The molecule has 6 nitrogen and oxygen atoms in total. The molecule has 2 aromatic rings. The van der Waals surface area contributed by atoms with Gasteiger partial charge in [-0.3, -0.25) is 0 Å². The minimum absolute atomic E-state index is 0.295. The number of nitrogens with one attached hydrogen (secondary N) is 2. The van der Waals surface area contributed by atoms with E-state index >= 15 is 0 Å². The van der Waals surface area contributed by atoms with Gasteiger partial charge in [-0.1, -0.05) is 0 Å². The Morgan fingerprint density at radius 3 is 3.29 bits per heavy atom. The number of fused-ring (bicyclic) bond motifs is 1. The molecular formula is C11H15N5O. The number of imidazole rings is 1. The first-order valence-corrected chi connectivity index (χ1v) is 5.86. The average Bonchev–Trinajstić information content (AvgIpc) is 2.93. The van der Waals surface area contributed by atoms with Crippen molar-refractivity contribution in [2.24, 2.45) is 0 Å². The van der Waals surface area contributed by atoms with Gasteiger partial charge in [0.15, 0.2) is 11.5 Å². The van der Waals surface area contributed by atoms with Crippen molar-refractivity contribution < 1.29 is 4.74 Å². The molecule has 0 aliphatic carbocycles. The Kier molecular flexibility index (Phi) is 2.64. The lowest BCUT2D eigenvalue weighted by Crippen LogP contribution is -2.19. The molecule has 0 unspecified atom stereocenters. The van der Waals surface area contributed by atoms with Gasteiger partial charge in [0.25, 0.3) is 0 Å². The van der Waals surface area contributed by atoms with Crippen molar-refractivity contribution in [3.8, 4) is 0 Å². The number of anilines is 1. The maximum Gasteiger partial charge on any atom is 0.183 e. The quantitative estimate of drug-likeness (QED) is 0.834. The lowest BCUT2D eigenvalue weighted by Gasteiger charge is -2.11. The molecule has 1 aliphatic rings. The van der Waals surface area contributed by atoms with Gasteiger partial charge in [0.2, 0.25) is 0 Å². The van der Waals surface area contributed by atoms with Gasteiger partial charge in [0.05, 0.1) is 6.10 Å². The largest absolute Gasteiger partial charge is 0.376 e. The van der Waals surface area contributed by atoms with Gasteiger partial charge in [-0.25, -0.2) is 15.0 Å². The molecule has 2 aromatic heterocycles. The fourth-order valence-electron chi connectivity index (χ4n) is 2.09. The van der Waals surface area contributed by atoms with Crippen LogP contribution in [0.15, 0.2) is 6.33 Å². The summed E-state index contributed by atoms with van der Waals surface area (Å²) in [5, 5.41) is 3.30. The number of hydrogen-bond donors (Lipinski definition) is 2. The van der Waals surface area contributed by atoms with Gasteiger partial charge in [-0.05, 0) is 19.8 Å². The van der Waals surface area contributed by atoms with Crippen molar-refractivity contribution in [3.05, 3.63) is 12.2 Å². The molecule has 90 valence electrons. The Morgan fingerprint density at radius 1 is 1.53 bits per heavy atom. The molecule has 2 N–H and O–H groups in total. The monoisotopic (exact) mass is 233 g/mol. The summed E-state index contributed by atoms with van der Waals surface area (Å²) in [6.07, 6.45) is 4.09. The molecule has 0 aromatic carbocycles. The highest BCUT2D eigenvalue weighted by Gasteiger charge is 2.16. The Labute approximate surface area is 98.8 Å². The predicted octanol–water partition coefficient (Wildman–Crippen LogP) is 1.25. The molecule has 1 atom stereocenters. The van der Waals surface area contributed by atoms with E-state index in [0.717, 1.165) is 43.2 Å². The summed E-state index contributed by atoms with van der Waals surface area (Å²) >= 11 is 0. The van der Waals surface area contributed by atoms with Crippen LogP contribution in [0.5, 0.6) is 0 Å². The van der Waals surface area contributed by atoms with Crippen LogP contribution in [0, 0.1) is 6.92 Å². The third kappa shape index (κ3) is 2.08. The highest BCUT2D eigenvalue weighted by atomic mass is 16.5. The zero-order valence-electron chi connectivity index (χ0n) is 9.73. The number of ether oxygens (including phenoxy) is 1. The Bertz CT molecular complexity index is 518. The molecule has 0 saturated carbocycles. The normalized spacial score (nSPS) is 19.9. The third-order valence-electron chi connectivity index (χ3n) is 2.93. The van der Waals surface area contributed by atoms with Crippen LogP contribution in [0.1, 0.15) is 18.7 Å². The van der Waals surface area contributed by atoms with E-state index in [9.17, 15) is 0 Å². The summed E-state index contributed by atoms with van der Waals surface area (Å²) in [6.45, 7) is 3.56. The van der Waals surface area contributed by atoms with Gasteiger partial charge in [0, 0.05) is 13.2 Å². The van der Waals surface area contributed by atoms with Crippen molar-refractivity contribution >= 4 is 17.0 Å². The van der Waals surface area contributed by atoms with E-state index in [-0.39, 0.29) is 0 Å². The second kappa shape index (κ2) is 4.29. The van der Waals surface area contributed by atoms with Crippen LogP contribution in [0.3, 0.4) is 0 Å². The van der Waals surface area contributed by atoms with Crippen molar-refractivity contribution in [1.29, 1.82) is 0 Å². The van der Waals surface area contributed by atoms with Crippen LogP contribution in [0.2, 0.25) is 0 Å². The maximum absolute atomic E-state index is 5.56. The van der Waals surface area contributed by atoms with E-state index in [1.54, 1.807) is 0 Å². The standard InChI is InChI=1S/C11H15N5O/c1-7-15-9-10(13-6-14-11(9)16-7)12-5-8-3-2-4-17-8/h6,8H,2-5H2,1H3,(H2,12,13,14,15,16)/t8-/m1/s1. The van der Waals surface area contributed by atoms with E-state index in [1.165, 1.54) is 6.33 Å². The number of H-pyrrole nitrogens is 1. The topological polar surface area (TPSA) is 75.7 Å². The van der Waals surface area contributed by atoms with Gasteiger partial charge in [-0.15, -0.1) is 0 Å². The van der Waals surface area contributed by atoms with E-state index in [4.69, 9.17) is 4.74 Å². The van der Waals surface area contributed by atoms with Crippen LogP contribution in [-0.2, 0) is 4.74 Å². The van der Waals surface area contributed by atoms with E-state index in [2.05, 4.69) is 25.3 Å². The van der Waals surface area contributed by atoms with E-state index < -0.39 is 0 Å². The number of aromatic amines is 1. The van der Waals surface area contributed by atoms with Crippen LogP contribution >= 0.6 is 0 Å². The zero-order chi connectivity index (χ0) is 11.7. The Hall–Kier alpha value is -1.69. The van der Waals surface area contributed by atoms with Gasteiger partial charge < -0.3 is 15.0 Å².